The average Bonchev–Trinajstić information content (AvgIpc) is 2.50. The van der Waals surface area contributed by atoms with Crippen molar-refractivity contribution in [2.45, 2.75) is 45.4 Å². The Morgan fingerprint density at radius 3 is 2.57 bits per heavy atom. The number of hydrogen-bond donors (Lipinski definition) is 1. The molecular formula is C18H27NO2. The maximum absolute atomic E-state index is 11.4. The van der Waals surface area contributed by atoms with Crippen molar-refractivity contribution in [2.24, 2.45) is 0 Å². The van der Waals surface area contributed by atoms with E-state index in [2.05, 4.69) is 44.8 Å². The molecule has 0 aliphatic carbocycles. The van der Waals surface area contributed by atoms with Crippen molar-refractivity contribution in [3.05, 3.63) is 42.5 Å². The second kappa shape index (κ2) is 8.50. The first-order valence-electron chi connectivity index (χ1n) is 7.60. The summed E-state index contributed by atoms with van der Waals surface area (Å²) in [7, 11) is 0. The molecule has 1 aromatic rings. The summed E-state index contributed by atoms with van der Waals surface area (Å²) in [6.07, 6.45) is 3.97. The van der Waals surface area contributed by atoms with Crippen molar-refractivity contribution in [3.8, 4) is 5.75 Å². The van der Waals surface area contributed by atoms with E-state index < -0.39 is 0 Å². The molecule has 1 rings (SSSR count). The average molecular weight is 289 g/mol. The summed E-state index contributed by atoms with van der Waals surface area (Å²) in [5.74, 6) is 0.899. The summed E-state index contributed by atoms with van der Waals surface area (Å²) in [5.41, 5.74) is 1.52. The standard InChI is InChI=1S/C18H27NO2/c1-5-13-19-17(20)8-7-14-21-16-11-9-15(10-12-16)18(3,4)6-2/h5,9-12H,1,6-8,13-14H2,2-4H3,(H,19,20). The Labute approximate surface area is 128 Å². The molecule has 0 aliphatic heterocycles. The molecule has 0 bridgehead atoms. The molecule has 0 saturated heterocycles. The fraction of sp³-hybridized carbons (Fsp3) is 0.500. The minimum atomic E-state index is 0.0403. The zero-order chi connectivity index (χ0) is 15.7. The SMILES string of the molecule is C=CCNC(=O)CCCOc1ccc(C(C)(C)CC)cc1. The number of nitrogens with one attached hydrogen (secondary N) is 1. The summed E-state index contributed by atoms with van der Waals surface area (Å²) in [6.45, 7) is 11.3. The number of hydrogen-bond acceptors (Lipinski definition) is 2. The Hall–Kier alpha value is -1.77. The third kappa shape index (κ3) is 6.03. The minimum Gasteiger partial charge on any atom is -0.494 e. The smallest absolute Gasteiger partial charge is 0.220 e. The van der Waals surface area contributed by atoms with Crippen molar-refractivity contribution < 1.29 is 9.53 Å². The highest BCUT2D eigenvalue weighted by Gasteiger charge is 2.17. The third-order valence-electron chi connectivity index (χ3n) is 3.78. The second-order valence-corrected chi connectivity index (χ2v) is 5.81. The first kappa shape index (κ1) is 17.3. The Morgan fingerprint density at radius 1 is 1.33 bits per heavy atom. The molecule has 0 saturated carbocycles. The van der Waals surface area contributed by atoms with Crippen LogP contribution in [0.15, 0.2) is 36.9 Å². The summed E-state index contributed by atoms with van der Waals surface area (Å²) in [5, 5.41) is 2.75. The lowest BCUT2D eigenvalue weighted by Gasteiger charge is -2.23. The topological polar surface area (TPSA) is 38.3 Å². The molecule has 1 N–H and O–H groups in total. The molecule has 0 fully saturated rings. The molecule has 0 aliphatic rings. The zero-order valence-electron chi connectivity index (χ0n) is 13.4. The molecule has 0 radical (unpaired) electrons. The minimum absolute atomic E-state index is 0.0403. The van der Waals surface area contributed by atoms with Crippen LogP contribution in [0.1, 0.15) is 45.6 Å². The van der Waals surface area contributed by atoms with E-state index in [1.165, 1.54) is 5.56 Å². The lowest BCUT2D eigenvalue weighted by molar-refractivity contribution is -0.121. The molecule has 3 nitrogen and oxygen atoms in total. The predicted molar refractivity (Wildman–Crippen MR) is 87.7 cm³/mol. The quantitative estimate of drug-likeness (QED) is 0.554. The first-order chi connectivity index (χ1) is 9.99. The van der Waals surface area contributed by atoms with Gasteiger partial charge in [0.25, 0.3) is 0 Å². The van der Waals surface area contributed by atoms with Crippen LogP contribution < -0.4 is 10.1 Å². The van der Waals surface area contributed by atoms with Gasteiger partial charge in [-0.05, 0) is 36.0 Å². The van der Waals surface area contributed by atoms with Crippen LogP contribution >= 0.6 is 0 Å². The van der Waals surface area contributed by atoms with E-state index in [1.54, 1.807) is 6.08 Å². The number of carbonyl (C=O) groups excluding carboxylic acids is 1. The Balaban J connectivity index is 2.33. The predicted octanol–water partition coefficient (Wildman–Crippen LogP) is 3.84. The summed E-state index contributed by atoms with van der Waals surface area (Å²) in [6, 6.07) is 8.25. The number of ether oxygens (including phenoxy) is 1. The van der Waals surface area contributed by atoms with Crippen LogP contribution in [0.2, 0.25) is 0 Å². The molecular weight excluding hydrogens is 262 g/mol. The van der Waals surface area contributed by atoms with Crippen molar-refractivity contribution in [1.29, 1.82) is 0 Å². The largest absolute Gasteiger partial charge is 0.494 e. The molecule has 21 heavy (non-hydrogen) atoms. The lowest BCUT2D eigenvalue weighted by Crippen LogP contribution is -2.23. The molecule has 1 aromatic carbocycles. The highest BCUT2D eigenvalue weighted by molar-refractivity contribution is 5.75. The van der Waals surface area contributed by atoms with Crippen LogP contribution in [-0.2, 0) is 10.2 Å². The second-order valence-electron chi connectivity index (χ2n) is 5.81. The van der Waals surface area contributed by atoms with Crippen LogP contribution in [0.5, 0.6) is 5.75 Å². The maximum atomic E-state index is 11.4. The Kier molecular flexibility index (Phi) is 7.00. The maximum Gasteiger partial charge on any atom is 0.220 e. The van der Waals surface area contributed by atoms with Gasteiger partial charge in [0, 0.05) is 13.0 Å². The van der Waals surface area contributed by atoms with Gasteiger partial charge in [-0.15, -0.1) is 6.58 Å². The van der Waals surface area contributed by atoms with Gasteiger partial charge < -0.3 is 10.1 Å². The highest BCUT2D eigenvalue weighted by atomic mass is 16.5. The summed E-state index contributed by atoms with van der Waals surface area (Å²) < 4.78 is 5.66. The van der Waals surface area contributed by atoms with Gasteiger partial charge in [0.05, 0.1) is 6.61 Å². The van der Waals surface area contributed by atoms with Gasteiger partial charge in [0.15, 0.2) is 0 Å². The van der Waals surface area contributed by atoms with Crippen LogP contribution in [0.3, 0.4) is 0 Å². The molecule has 0 unspecified atom stereocenters. The van der Waals surface area contributed by atoms with E-state index in [-0.39, 0.29) is 11.3 Å². The fourth-order valence-electron chi connectivity index (χ4n) is 1.90. The van der Waals surface area contributed by atoms with Gasteiger partial charge in [0.1, 0.15) is 5.75 Å². The number of amides is 1. The molecule has 0 heterocycles. The van der Waals surface area contributed by atoms with E-state index in [9.17, 15) is 4.79 Å². The molecule has 116 valence electrons. The highest BCUT2D eigenvalue weighted by Crippen LogP contribution is 2.28. The molecule has 0 atom stereocenters. The normalized spacial score (nSPS) is 11.0. The van der Waals surface area contributed by atoms with Crippen molar-refractivity contribution >= 4 is 5.91 Å². The fourth-order valence-corrected chi connectivity index (χ4v) is 1.90. The number of carbonyl (C=O) groups is 1. The zero-order valence-corrected chi connectivity index (χ0v) is 13.4. The summed E-state index contributed by atoms with van der Waals surface area (Å²) in [4.78, 5) is 11.4. The lowest BCUT2D eigenvalue weighted by atomic mass is 9.82. The molecule has 0 aromatic heterocycles. The monoisotopic (exact) mass is 289 g/mol. The number of rotatable bonds is 9. The van der Waals surface area contributed by atoms with E-state index >= 15 is 0 Å². The van der Waals surface area contributed by atoms with Gasteiger partial charge >= 0.3 is 0 Å². The van der Waals surface area contributed by atoms with Crippen molar-refractivity contribution in [1.82, 2.24) is 5.32 Å². The van der Waals surface area contributed by atoms with Gasteiger partial charge in [-0.1, -0.05) is 39.0 Å². The van der Waals surface area contributed by atoms with Crippen LogP contribution in [0, 0.1) is 0 Å². The Morgan fingerprint density at radius 2 is 2.00 bits per heavy atom. The van der Waals surface area contributed by atoms with E-state index in [4.69, 9.17) is 4.74 Å². The van der Waals surface area contributed by atoms with Gasteiger partial charge in [-0.25, -0.2) is 0 Å². The van der Waals surface area contributed by atoms with Crippen LogP contribution in [0.4, 0.5) is 0 Å². The van der Waals surface area contributed by atoms with Crippen LogP contribution in [-0.4, -0.2) is 19.1 Å². The van der Waals surface area contributed by atoms with Crippen molar-refractivity contribution in [3.63, 3.8) is 0 Å². The van der Waals surface area contributed by atoms with E-state index in [0.29, 0.717) is 26.0 Å². The number of benzene rings is 1. The molecule has 3 heteroatoms. The third-order valence-corrected chi connectivity index (χ3v) is 3.78. The van der Waals surface area contributed by atoms with Gasteiger partial charge in [0.2, 0.25) is 5.91 Å². The molecule has 1 amide bonds. The van der Waals surface area contributed by atoms with E-state index in [1.807, 2.05) is 12.1 Å². The van der Waals surface area contributed by atoms with Gasteiger partial charge in [-0.2, -0.15) is 0 Å². The first-order valence-corrected chi connectivity index (χ1v) is 7.60. The van der Waals surface area contributed by atoms with E-state index in [0.717, 1.165) is 12.2 Å². The molecule has 0 spiro atoms. The van der Waals surface area contributed by atoms with Crippen molar-refractivity contribution in [2.75, 3.05) is 13.2 Å². The summed E-state index contributed by atoms with van der Waals surface area (Å²) >= 11 is 0. The van der Waals surface area contributed by atoms with Gasteiger partial charge in [-0.3, -0.25) is 4.79 Å². The Bertz CT molecular complexity index is 449. The van der Waals surface area contributed by atoms with Crippen LogP contribution in [0.25, 0.3) is 0 Å².